The van der Waals surface area contributed by atoms with Gasteiger partial charge >= 0.3 is 0 Å². The van der Waals surface area contributed by atoms with Crippen LogP contribution in [0.2, 0.25) is 0 Å². The van der Waals surface area contributed by atoms with E-state index >= 15 is 0 Å². The quantitative estimate of drug-likeness (QED) is 0.101. The van der Waals surface area contributed by atoms with Crippen LogP contribution in [0.15, 0.2) is 122 Å². The highest BCUT2D eigenvalue weighted by Gasteiger charge is 2.25. The Labute approximate surface area is 377 Å². The normalized spacial score (nSPS) is 13.1. The molecule has 17 heteroatoms. The van der Waals surface area contributed by atoms with Crippen LogP contribution in [0, 0.1) is 18.6 Å². The monoisotopic (exact) mass is 884 g/mol. The lowest BCUT2D eigenvalue weighted by atomic mass is 10.1. The first-order chi connectivity index (χ1) is 32.3. The molecule has 1 aliphatic heterocycles. The molecule has 1 amide bonds. The molecule has 1 aliphatic rings. The fraction of sp³-hybridized carbons (Fsp3) is 0.204. The SMILES string of the molecule is CN1CCN(C(=O)c2cnn3c(NCCc4c[nH]c5ccccc45)cc(-c4cncc(F)c4)nc23)CC1.Cc1cnn2c(NCCc3c[nH]c4ccccc34)cc(-c3cncc(F)c3)nc12. The van der Waals surface area contributed by atoms with Crippen molar-refractivity contribution >= 4 is 50.6 Å². The minimum Gasteiger partial charge on any atom is -0.370 e. The predicted octanol–water partition coefficient (Wildman–Crippen LogP) is 7.83. The number of benzene rings is 2. The summed E-state index contributed by atoms with van der Waals surface area (Å²) in [5.41, 5.74) is 9.58. The van der Waals surface area contributed by atoms with Crippen LogP contribution in [0.5, 0.6) is 0 Å². The fourth-order valence-electron chi connectivity index (χ4n) is 8.35. The van der Waals surface area contributed by atoms with Crippen molar-refractivity contribution in [3.63, 3.8) is 0 Å². The predicted molar refractivity (Wildman–Crippen MR) is 251 cm³/mol. The number of carbonyl (C=O) groups excluding carboxylic acids is 1. The van der Waals surface area contributed by atoms with E-state index < -0.39 is 5.82 Å². The molecule has 8 aromatic heterocycles. The molecule has 1 fully saturated rings. The Kier molecular flexibility index (Phi) is 11.6. The van der Waals surface area contributed by atoms with Gasteiger partial charge in [-0.05, 0) is 62.2 Å². The van der Waals surface area contributed by atoms with Crippen molar-refractivity contribution in [1.29, 1.82) is 0 Å². The number of amides is 1. The number of aryl methyl sites for hydroxylation is 1. The average molecular weight is 885 g/mol. The number of nitrogens with one attached hydrogen (secondary N) is 4. The third-order valence-corrected chi connectivity index (χ3v) is 11.9. The van der Waals surface area contributed by atoms with Gasteiger partial charge in [-0.15, -0.1) is 0 Å². The van der Waals surface area contributed by atoms with E-state index in [9.17, 15) is 13.6 Å². The molecule has 2 aromatic carbocycles. The standard InChI is InChI=1S/C27H27FN8O.C22H19FN6/c1-34-8-10-35(11-9-34)27(37)22-17-32-36-25(13-24(33-26(22)36)19-12-20(28)16-29-14-19)30-7-6-18-15-31-23-5-3-2-4-21(18)23;1-14-10-27-29-21(9-20(28-22(14)29)16-8-17(23)13-24-11-16)25-7-6-15-12-26-19-5-3-2-4-18(15)19/h2-5,12-17,30-31H,6-11H2,1H3;2-5,8-13,25-26H,6-7H2,1H3. The van der Waals surface area contributed by atoms with Crippen LogP contribution in [0.4, 0.5) is 20.4 Å². The number of nitrogens with zero attached hydrogens (tertiary/aromatic N) is 10. The van der Waals surface area contributed by atoms with E-state index in [-0.39, 0.29) is 11.7 Å². The number of pyridine rings is 2. The number of anilines is 2. The first kappa shape index (κ1) is 41.9. The molecule has 66 heavy (non-hydrogen) atoms. The number of hydrogen-bond acceptors (Lipinski definition) is 10. The van der Waals surface area contributed by atoms with E-state index in [0.717, 1.165) is 66.7 Å². The summed E-state index contributed by atoms with van der Waals surface area (Å²) in [5.74, 6) is 0.539. The number of hydrogen-bond donors (Lipinski definition) is 4. The van der Waals surface area contributed by atoms with Gasteiger partial charge in [0, 0.05) is 115 Å². The summed E-state index contributed by atoms with van der Waals surface area (Å²) in [6.45, 7) is 6.24. The van der Waals surface area contributed by atoms with Crippen molar-refractivity contribution in [1.82, 2.24) is 58.9 Å². The molecule has 9 heterocycles. The van der Waals surface area contributed by atoms with Gasteiger partial charge in [-0.2, -0.15) is 19.2 Å². The van der Waals surface area contributed by atoms with Crippen molar-refractivity contribution in [2.24, 2.45) is 0 Å². The lowest BCUT2D eigenvalue weighted by Crippen LogP contribution is -2.47. The van der Waals surface area contributed by atoms with Crippen molar-refractivity contribution in [3.05, 3.63) is 156 Å². The summed E-state index contributed by atoms with van der Waals surface area (Å²) in [6.07, 6.45) is 14.6. The van der Waals surface area contributed by atoms with Gasteiger partial charge in [0.05, 0.1) is 36.2 Å². The number of halogens is 2. The van der Waals surface area contributed by atoms with Gasteiger partial charge in [0.25, 0.3) is 5.91 Å². The Morgan fingerprint density at radius 3 is 1.73 bits per heavy atom. The smallest absolute Gasteiger partial charge is 0.259 e. The Morgan fingerprint density at radius 2 is 1.17 bits per heavy atom. The summed E-state index contributed by atoms with van der Waals surface area (Å²) in [7, 11) is 2.05. The molecule has 10 aromatic rings. The zero-order chi connectivity index (χ0) is 45.1. The Bertz CT molecular complexity index is 3350. The number of likely N-dealkylation sites (N-methyl/N-ethyl adjacent to an activating group) is 1. The number of carbonyl (C=O) groups is 1. The molecule has 1 saturated heterocycles. The molecular formula is C49H46F2N14O. The summed E-state index contributed by atoms with van der Waals surface area (Å²) in [4.78, 5) is 41.4. The number of H-pyrrole nitrogens is 2. The summed E-state index contributed by atoms with van der Waals surface area (Å²) < 4.78 is 31.1. The lowest BCUT2D eigenvalue weighted by Gasteiger charge is -2.32. The van der Waals surface area contributed by atoms with E-state index in [1.54, 1.807) is 33.8 Å². The minimum absolute atomic E-state index is 0.102. The molecule has 0 unspecified atom stereocenters. The van der Waals surface area contributed by atoms with Crippen LogP contribution >= 0.6 is 0 Å². The number of para-hydroxylation sites is 2. The zero-order valence-electron chi connectivity index (χ0n) is 36.3. The average Bonchev–Trinajstić information content (AvgIpc) is 4.15. The maximum atomic E-state index is 14.0. The van der Waals surface area contributed by atoms with Gasteiger partial charge < -0.3 is 30.4 Å². The third-order valence-electron chi connectivity index (χ3n) is 11.9. The summed E-state index contributed by atoms with van der Waals surface area (Å²) >= 11 is 0. The molecule has 0 atom stereocenters. The Hall–Kier alpha value is -8.05. The maximum Gasteiger partial charge on any atom is 0.259 e. The fourth-order valence-corrected chi connectivity index (χ4v) is 8.35. The molecule has 4 N–H and O–H groups in total. The second-order valence-electron chi connectivity index (χ2n) is 16.4. The van der Waals surface area contributed by atoms with E-state index in [2.05, 4.69) is 81.1 Å². The van der Waals surface area contributed by atoms with Gasteiger partial charge in [0.15, 0.2) is 11.3 Å². The van der Waals surface area contributed by atoms with Gasteiger partial charge in [-0.1, -0.05) is 36.4 Å². The van der Waals surface area contributed by atoms with Crippen molar-refractivity contribution in [2.45, 2.75) is 19.8 Å². The number of fused-ring (bicyclic) bond motifs is 4. The van der Waals surface area contributed by atoms with Crippen LogP contribution in [0.25, 0.3) is 55.6 Å². The summed E-state index contributed by atoms with van der Waals surface area (Å²) in [6, 6.07) is 23.0. The molecule has 0 bridgehead atoms. The van der Waals surface area contributed by atoms with Crippen LogP contribution in [0.3, 0.4) is 0 Å². The molecule has 0 spiro atoms. The molecular weight excluding hydrogens is 839 g/mol. The highest BCUT2D eigenvalue weighted by molar-refractivity contribution is 6.00. The largest absolute Gasteiger partial charge is 0.370 e. The second-order valence-corrected chi connectivity index (χ2v) is 16.4. The first-order valence-electron chi connectivity index (χ1n) is 21.8. The molecule has 15 nitrogen and oxygen atoms in total. The summed E-state index contributed by atoms with van der Waals surface area (Å²) in [5, 5.41) is 18.3. The first-order valence-corrected chi connectivity index (χ1v) is 21.8. The molecule has 11 rings (SSSR count). The van der Waals surface area contributed by atoms with Crippen molar-refractivity contribution in [2.75, 3.05) is 56.9 Å². The Morgan fingerprint density at radius 1 is 0.652 bits per heavy atom. The minimum atomic E-state index is -0.449. The topological polar surface area (TPSA) is 165 Å². The van der Waals surface area contributed by atoms with Crippen LogP contribution in [-0.4, -0.2) is 111 Å². The highest BCUT2D eigenvalue weighted by atomic mass is 19.1. The molecule has 0 radical (unpaired) electrons. The molecule has 332 valence electrons. The number of piperazine rings is 1. The zero-order valence-corrected chi connectivity index (χ0v) is 36.3. The van der Waals surface area contributed by atoms with E-state index in [0.29, 0.717) is 59.2 Å². The maximum absolute atomic E-state index is 14.0. The van der Waals surface area contributed by atoms with Crippen molar-refractivity contribution in [3.8, 4) is 22.5 Å². The Balaban J connectivity index is 0.000000160. The van der Waals surface area contributed by atoms with Crippen LogP contribution in [-0.2, 0) is 12.8 Å². The van der Waals surface area contributed by atoms with Gasteiger partial charge in [-0.3, -0.25) is 14.8 Å². The van der Waals surface area contributed by atoms with Gasteiger partial charge in [-0.25, -0.2) is 18.7 Å². The van der Waals surface area contributed by atoms with Crippen molar-refractivity contribution < 1.29 is 13.6 Å². The van der Waals surface area contributed by atoms with Crippen LogP contribution in [0.1, 0.15) is 27.0 Å². The van der Waals surface area contributed by atoms with Gasteiger partial charge in [0.2, 0.25) is 0 Å². The van der Waals surface area contributed by atoms with Crippen LogP contribution < -0.4 is 10.6 Å². The number of aromatic nitrogens is 10. The number of aromatic amines is 2. The van der Waals surface area contributed by atoms with Gasteiger partial charge in [0.1, 0.15) is 28.8 Å². The molecule has 0 aliphatic carbocycles. The third kappa shape index (κ3) is 8.63. The highest BCUT2D eigenvalue weighted by Crippen LogP contribution is 2.27. The molecule has 0 saturated carbocycles. The second kappa shape index (κ2) is 18.2. The number of rotatable bonds is 11. The van der Waals surface area contributed by atoms with E-state index in [1.807, 2.05) is 61.5 Å². The lowest BCUT2D eigenvalue weighted by molar-refractivity contribution is 0.0666. The van der Waals surface area contributed by atoms with E-state index in [1.165, 1.54) is 40.2 Å². The van der Waals surface area contributed by atoms with E-state index in [4.69, 9.17) is 4.98 Å².